The number of primary amides is 1. The zero-order chi connectivity index (χ0) is 36.9. The van der Waals surface area contributed by atoms with Crippen LogP contribution in [0.15, 0.2) is 18.2 Å². The molecule has 0 aliphatic carbocycles. The molecule has 0 spiro atoms. The van der Waals surface area contributed by atoms with Gasteiger partial charge in [-0.3, -0.25) is 15.0 Å². The van der Waals surface area contributed by atoms with Crippen molar-refractivity contribution in [1.29, 1.82) is 0 Å². The number of hydrogen-bond acceptors (Lipinski definition) is 9. The second-order valence-corrected chi connectivity index (χ2v) is 12.3. The average Bonchev–Trinajstić information content (AvgIpc) is 3.15. The number of nitrogens with two attached hydrogens (primary N) is 2. The fourth-order valence-corrected chi connectivity index (χ4v) is 6.26. The van der Waals surface area contributed by atoms with Crippen molar-refractivity contribution in [3.63, 3.8) is 0 Å². The van der Waals surface area contributed by atoms with Gasteiger partial charge in [-0.25, -0.2) is 9.97 Å². The van der Waals surface area contributed by atoms with Crippen LogP contribution >= 0.6 is 0 Å². The second-order valence-electron chi connectivity index (χ2n) is 12.3. The van der Waals surface area contributed by atoms with Crippen LogP contribution in [0.1, 0.15) is 104 Å². The van der Waals surface area contributed by atoms with E-state index in [1.54, 1.807) is 7.11 Å². The monoisotopic (exact) mass is 688 g/mol. The summed E-state index contributed by atoms with van der Waals surface area (Å²) in [7, 11) is 3.87. The van der Waals surface area contributed by atoms with Crippen molar-refractivity contribution >= 4 is 28.9 Å². The van der Waals surface area contributed by atoms with Crippen LogP contribution in [0, 0.1) is 11.8 Å². The Labute approximate surface area is 298 Å². The average molecular weight is 688 g/mol. The van der Waals surface area contributed by atoms with Crippen LogP contribution in [-0.4, -0.2) is 93.4 Å². The maximum absolute atomic E-state index is 12.0. The molecule has 3 aliphatic heterocycles. The lowest BCUT2D eigenvalue weighted by molar-refractivity contribution is -0.344. The van der Waals surface area contributed by atoms with E-state index in [0.717, 1.165) is 94.3 Å². The second kappa shape index (κ2) is 24.1. The van der Waals surface area contributed by atoms with E-state index >= 15 is 0 Å². The van der Waals surface area contributed by atoms with E-state index < -0.39 is 5.91 Å². The molecule has 3 fully saturated rings. The van der Waals surface area contributed by atoms with Gasteiger partial charge in [-0.05, 0) is 63.1 Å². The molecule has 11 heteroatoms. The number of rotatable bonds is 8. The van der Waals surface area contributed by atoms with Gasteiger partial charge in [0.1, 0.15) is 17.1 Å². The van der Waals surface area contributed by atoms with Gasteiger partial charge in [-0.1, -0.05) is 62.3 Å². The number of aromatic amines is 1. The van der Waals surface area contributed by atoms with Crippen molar-refractivity contribution in [3.8, 4) is 5.75 Å². The van der Waals surface area contributed by atoms with Gasteiger partial charge in [0, 0.05) is 64.6 Å². The van der Waals surface area contributed by atoms with Gasteiger partial charge < -0.3 is 30.7 Å². The van der Waals surface area contributed by atoms with Crippen LogP contribution in [0.2, 0.25) is 0 Å². The highest BCUT2D eigenvalue weighted by Crippen LogP contribution is 2.34. The SMILES string of the molecule is CC.CC.CC.CC(C)C1CCOCC1.CCc1nc(C(N)=O)c(Nc2ccc(N3CCC(N4CCN(C)CC4)CC3)c(OC)c2)[nH+]c1N. The lowest BCUT2D eigenvalue weighted by Crippen LogP contribution is -2.52. The summed E-state index contributed by atoms with van der Waals surface area (Å²) in [6.07, 6.45) is 5.45. The molecule has 0 radical (unpaired) electrons. The maximum atomic E-state index is 12.0. The number of nitrogens with one attached hydrogen (secondary N) is 2. The molecule has 1 amide bonds. The van der Waals surface area contributed by atoms with Crippen molar-refractivity contribution in [2.24, 2.45) is 17.6 Å². The van der Waals surface area contributed by atoms with Crippen molar-refractivity contribution < 1.29 is 19.3 Å². The summed E-state index contributed by atoms with van der Waals surface area (Å²) >= 11 is 0. The Bertz CT molecular complexity index is 1190. The number of nitrogens with zero attached hydrogens (tertiary/aromatic N) is 4. The molecule has 6 N–H and O–H groups in total. The summed E-state index contributed by atoms with van der Waals surface area (Å²) in [5.74, 6) is 2.70. The third kappa shape index (κ3) is 13.6. The summed E-state index contributed by atoms with van der Waals surface area (Å²) < 4.78 is 11.0. The molecule has 3 aliphatic rings. The highest BCUT2D eigenvalue weighted by molar-refractivity contribution is 5.95. The first-order chi connectivity index (χ1) is 23.7. The summed E-state index contributed by atoms with van der Waals surface area (Å²) in [6.45, 7) is 27.1. The quantitative estimate of drug-likeness (QED) is 0.294. The predicted octanol–water partition coefficient (Wildman–Crippen LogP) is 6.26. The molecule has 5 rings (SSSR count). The number of likely N-dealkylation sites (N-methyl/N-ethyl adjacent to an activating group) is 1. The van der Waals surface area contributed by atoms with Crippen LogP contribution in [0.4, 0.5) is 23.0 Å². The van der Waals surface area contributed by atoms with Crippen LogP contribution in [0.25, 0.3) is 0 Å². The molecule has 0 bridgehead atoms. The molecule has 280 valence electrons. The highest BCUT2D eigenvalue weighted by Gasteiger charge is 2.28. The van der Waals surface area contributed by atoms with Gasteiger partial charge in [-0.2, -0.15) is 0 Å². The van der Waals surface area contributed by atoms with Gasteiger partial charge in [0.2, 0.25) is 11.5 Å². The molecule has 0 saturated carbocycles. The van der Waals surface area contributed by atoms with Crippen molar-refractivity contribution in [3.05, 3.63) is 29.6 Å². The Morgan fingerprint density at radius 3 is 2.08 bits per heavy atom. The van der Waals surface area contributed by atoms with Crippen LogP contribution < -0.4 is 31.4 Å². The molecule has 0 unspecified atom stereocenters. The molecule has 0 atom stereocenters. The van der Waals surface area contributed by atoms with Gasteiger partial charge in [0.15, 0.2) is 0 Å². The van der Waals surface area contributed by atoms with E-state index in [1.807, 2.05) is 60.6 Å². The number of anilines is 4. The first-order valence-corrected chi connectivity index (χ1v) is 18.9. The Hall–Kier alpha value is -3.15. The Morgan fingerprint density at radius 2 is 1.59 bits per heavy atom. The standard InChI is InChI=1S/C24H36N8O2.C8H16O.3C2H6/c1-4-18-22(25)29-24(21(28-18)23(26)33)27-16-5-6-19(20(15-16)34-3)32-9-7-17(8-10-32)31-13-11-30(2)12-14-31;1-7(2)8-3-5-9-6-4-8;3*1-2/h5-6,15,17H,4,7-14H2,1-3H3,(H2,26,33)(H3,25,27,29);7-8H,3-6H2,1-2H3;3*1-2H3/p+1. The van der Waals surface area contributed by atoms with Crippen LogP contribution in [0.5, 0.6) is 5.75 Å². The fraction of sp³-hybridized carbons (Fsp3) is 0.711. The van der Waals surface area contributed by atoms with Gasteiger partial charge in [0.25, 0.3) is 11.7 Å². The Balaban J connectivity index is 0.000000675. The third-order valence-electron chi connectivity index (χ3n) is 9.14. The maximum Gasteiger partial charge on any atom is 0.274 e. The van der Waals surface area contributed by atoms with Crippen molar-refractivity contribution in [2.75, 3.05) is 82.6 Å². The third-order valence-corrected chi connectivity index (χ3v) is 9.14. The molecule has 2 aromatic rings. The number of aromatic nitrogens is 2. The number of amides is 1. The minimum atomic E-state index is -0.625. The predicted molar refractivity (Wildman–Crippen MR) is 206 cm³/mol. The van der Waals surface area contributed by atoms with E-state index in [2.05, 4.69) is 56.9 Å². The molecule has 11 nitrogen and oxygen atoms in total. The summed E-state index contributed by atoms with van der Waals surface area (Å²) in [5.41, 5.74) is 14.2. The molecular formula is C38H71N8O3+. The van der Waals surface area contributed by atoms with E-state index in [9.17, 15) is 4.79 Å². The molecular weight excluding hydrogens is 616 g/mol. The highest BCUT2D eigenvalue weighted by atomic mass is 16.5. The van der Waals surface area contributed by atoms with E-state index in [4.69, 9.17) is 20.9 Å². The smallest absolute Gasteiger partial charge is 0.274 e. The van der Waals surface area contributed by atoms with Crippen LogP contribution in [-0.2, 0) is 11.2 Å². The topological polar surface area (TPSA) is 136 Å². The van der Waals surface area contributed by atoms with Crippen molar-refractivity contribution in [2.45, 2.75) is 100 Å². The molecule has 1 aromatic heterocycles. The number of piperidine rings is 1. The zero-order valence-corrected chi connectivity index (χ0v) is 32.8. The number of nitrogen functional groups attached to an aromatic ring is 1. The lowest BCUT2D eigenvalue weighted by atomic mass is 9.89. The van der Waals surface area contributed by atoms with E-state index in [-0.39, 0.29) is 5.69 Å². The molecule has 3 saturated heterocycles. The number of benzene rings is 1. The fourth-order valence-electron chi connectivity index (χ4n) is 6.26. The largest absolute Gasteiger partial charge is 0.494 e. The van der Waals surface area contributed by atoms with E-state index in [1.165, 1.54) is 12.8 Å². The van der Waals surface area contributed by atoms with E-state index in [0.29, 0.717) is 29.8 Å². The van der Waals surface area contributed by atoms with Crippen molar-refractivity contribution in [1.82, 2.24) is 14.8 Å². The molecule has 49 heavy (non-hydrogen) atoms. The number of carbonyl (C=O) groups is 1. The number of piperazine rings is 1. The van der Waals surface area contributed by atoms with Gasteiger partial charge >= 0.3 is 0 Å². The molecule has 4 heterocycles. The summed E-state index contributed by atoms with van der Waals surface area (Å²) in [6, 6.07) is 6.60. The number of ether oxygens (including phenoxy) is 2. The zero-order valence-electron chi connectivity index (χ0n) is 32.8. The van der Waals surface area contributed by atoms with Gasteiger partial charge in [-0.15, -0.1) is 0 Å². The normalized spacial score (nSPS) is 17.2. The number of H-pyrrole nitrogens is 1. The number of methoxy groups -OCH3 is 1. The molecule has 1 aromatic carbocycles. The van der Waals surface area contributed by atoms with Gasteiger partial charge in [0.05, 0.1) is 12.8 Å². The number of hydrogen-bond donors (Lipinski definition) is 3. The van der Waals surface area contributed by atoms with Crippen LogP contribution in [0.3, 0.4) is 0 Å². The minimum absolute atomic E-state index is 0.125. The Morgan fingerprint density at radius 1 is 1.00 bits per heavy atom. The minimum Gasteiger partial charge on any atom is -0.494 e. The summed E-state index contributed by atoms with van der Waals surface area (Å²) in [4.78, 5) is 26.8. The summed E-state index contributed by atoms with van der Waals surface area (Å²) in [5, 5.41) is 3.20. The number of carbonyl (C=O) groups excluding carboxylic acids is 1. The first-order valence-electron chi connectivity index (χ1n) is 18.9. The first kappa shape index (κ1) is 43.9. The Kier molecular flexibility index (Phi) is 21.6. The number of aryl methyl sites for hydroxylation is 1. The lowest BCUT2D eigenvalue weighted by Gasteiger charge is -2.42.